The quantitative estimate of drug-likeness (QED) is 0.904. The van der Waals surface area contributed by atoms with Gasteiger partial charge in [-0.25, -0.2) is 0 Å². The minimum atomic E-state index is -0.0178. The van der Waals surface area contributed by atoms with Crippen molar-refractivity contribution in [3.8, 4) is 11.5 Å². The van der Waals surface area contributed by atoms with Gasteiger partial charge in [-0.05, 0) is 38.0 Å². The summed E-state index contributed by atoms with van der Waals surface area (Å²) in [5.41, 5.74) is 6.55. The molecule has 1 aromatic carbocycles. The summed E-state index contributed by atoms with van der Waals surface area (Å²) in [4.78, 5) is 13.5. The van der Waals surface area contributed by atoms with Crippen LogP contribution in [0.1, 0.15) is 33.3 Å². The van der Waals surface area contributed by atoms with E-state index in [4.69, 9.17) is 15.2 Å². The number of fused-ring (bicyclic) bond motifs is 1. The number of nitrogens with zero attached hydrogens (tertiary/aromatic N) is 1. The Bertz CT molecular complexity index is 463. The molecule has 0 aliphatic carbocycles. The highest BCUT2D eigenvalue weighted by molar-refractivity contribution is 5.78. The second kappa shape index (κ2) is 8.52. The molecule has 5 heteroatoms. The van der Waals surface area contributed by atoms with Gasteiger partial charge in [-0.3, -0.25) is 4.79 Å². The van der Waals surface area contributed by atoms with Crippen molar-refractivity contribution in [2.45, 2.75) is 40.2 Å². The molecule has 0 radical (unpaired) electrons. The van der Waals surface area contributed by atoms with E-state index in [9.17, 15) is 4.79 Å². The van der Waals surface area contributed by atoms with E-state index in [1.807, 2.05) is 45.9 Å². The zero-order valence-corrected chi connectivity index (χ0v) is 13.4. The summed E-state index contributed by atoms with van der Waals surface area (Å²) in [5.74, 6) is 1.54. The lowest BCUT2D eigenvalue weighted by molar-refractivity contribution is -0.131. The van der Waals surface area contributed by atoms with Gasteiger partial charge in [0, 0.05) is 12.6 Å². The summed E-state index contributed by atoms with van der Waals surface area (Å²) in [5, 5.41) is 0. The molecule has 0 aromatic heterocycles. The SMILES string of the molecule is CC.CCN(C(=O)CN)C(C)Cc1ccc2c(c1)OCO2. The molecule has 1 unspecified atom stereocenters. The molecule has 1 aliphatic heterocycles. The molecular formula is C16H26N2O3. The molecular weight excluding hydrogens is 268 g/mol. The monoisotopic (exact) mass is 294 g/mol. The molecule has 1 aliphatic rings. The number of amides is 1. The summed E-state index contributed by atoms with van der Waals surface area (Å²) >= 11 is 0. The number of carbonyl (C=O) groups is 1. The van der Waals surface area contributed by atoms with Crippen LogP contribution in [0.2, 0.25) is 0 Å². The number of likely N-dealkylation sites (N-methyl/N-ethyl adjacent to an activating group) is 1. The maximum absolute atomic E-state index is 11.7. The lowest BCUT2D eigenvalue weighted by Crippen LogP contribution is -2.42. The molecule has 21 heavy (non-hydrogen) atoms. The molecule has 1 amide bonds. The van der Waals surface area contributed by atoms with Crippen LogP contribution in [-0.4, -0.2) is 36.7 Å². The van der Waals surface area contributed by atoms with E-state index in [1.165, 1.54) is 0 Å². The highest BCUT2D eigenvalue weighted by Gasteiger charge is 2.19. The Morgan fingerprint density at radius 1 is 1.33 bits per heavy atom. The van der Waals surface area contributed by atoms with Gasteiger partial charge in [0.15, 0.2) is 11.5 Å². The largest absolute Gasteiger partial charge is 0.454 e. The van der Waals surface area contributed by atoms with Gasteiger partial charge in [-0.2, -0.15) is 0 Å². The zero-order valence-electron chi connectivity index (χ0n) is 13.4. The van der Waals surface area contributed by atoms with E-state index in [2.05, 4.69) is 0 Å². The van der Waals surface area contributed by atoms with Crippen molar-refractivity contribution in [3.63, 3.8) is 0 Å². The molecule has 1 aromatic rings. The highest BCUT2D eigenvalue weighted by Crippen LogP contribution is 2.32. The van der Waals surface area contributed by atoms with Crippen molar-refractivity contribution in [3.05, 3.63) is 23.8 Å². The van der Waals surface area contributed by atoms with E-state index in [0.717, 1.165) is 23.5 Å². The molecule has 0 bridgehead atoms. The third kappa shape index (κ3) is 4.36. The molecule has 0 spiro atoms. The Labute approximate surface area is 127 Å². The Kier molecular flexibility index (Phi) is 7.02. The number of carbonyl (C=O) groups excluding carboxylic acids is 1. The molecule has 2 rings (SSSR count). The summed E-state index contributed by atoms with van der Waals surface area (Å²) in [7, 11) is 0. The first kappa shape index (κ1) is 17.3. The molecule has 1 atom stereocenters. The molecule has 5 nitrogen and oxygen atoms in total. The van der Waals surface area contributed by atoms with E-state index in [1.54, 1.807) is 4.90 Å². The fourth-order valence-electron chi connectivity index (χ4n) is 2.37. The normalized spacial score (nSPS) is 13.2. The average Bonchev–Trinajstić information content (AvgIpc) is 2.97. The summed E-state index contributed by atoms with van der Waals surface area (Å²) in [6, 6.07) is 6.00. The van der Waals surface area contributed by atoms with Crippen LogP contribution < -0.4 is 15.2 Å². The van der Waals surface area contributed by atoms with Crippen molar-refractivity contribution in [1.29, 1.82) is 0 Å². The van der Waals surface area contributed by atoms with Crippen molar-refractivity contribution >= 4 is 5.91 Å². The molecule has 1 heterocycles. The smallest absolute Gasteiger partial charge is 0.236 e. The molecule has 0 fully saturated rings. The second-order valence-electron chi connectivity index (χ2n) is 4.62. The number of hydrogen-bond acceptors (Lipinski definition) is 4. The van der Waals surface area contributed by atoms with Crippen LogP contribution in [0.5, 0.6) is 11.5 Å². The van der Waals surface area contributed by atoms with Gasteiger partial charge in [0.05, 0.1) is 6.54 Å². The number of ether oxygens (including phenoxy) is 2. The minimum absolute atomic E-state index is 0.0178. The Morgan fingerprint density at radius 3 is 2.62 bits per heavy atom. The fraction of sp³-hybridized carbons (Fsp3) is 0.562. The lowest BCUT2D eigenvalue weighted by atomic mass is 10.1. The van der Waals surface area contributed by atoms with Gasteiger partial charge >= 0.3 is 0 Å². The second-order valence-corrected chi connectivity index (χ2v) is 4.62. The number of nitrogens with two attached hydrogens (primary N) is 1. The van der Waals surface area contributed by atoms with E-state index in [0.29, 0.717) is 6.54 Å². The van der Waals surface area contributed by atoms with Crippen molar-refractivity contribution in [1.82, 2.24) is 4.90 Å². The standard InChI is InChI=1S/C14H20N2O3.C2H6/c1-3-16(14(17)8-15)10(2)6-11-4-5-12-13(7-11)19-9-18-12;1-2/h4-5,7,10H,3,6,8-9,15H2,1-2H3;1-2H3. The van der Waals surface area contributed by atoms with Crippen LogP contribution >= 0.6 is 0 Å². The molecule has 0 saturated carbocycles. The maximum atomic E-state index is 11.7. The van der Waals surface area contributed by atoms with Crippen LogP contribution in [-0.2, 0) is 11.2 Å². The van der Waals surface area contributed by atoms with E-state index < -0.39 is 0 Å². The summed E-state index contributed by atoms with van der Waals surface area (Å²) < 4.78 is 10.6. The van der Waals surface area contributed by atoms with Crippen LogP contribution in [0.4, 0.5) is 0 Å². The average molecular weight is 294 g/mol. The van der Waals surface area contributed by atoms with Gasteiger partial charge in [-0.15, -0.1) is 0 Å². The number of hydrogen-bond donors (Lipinski definition) is 1. The third-order valence-corrected chi connectivity index (χ3v) is 3.34. The summed E-state index contributed by atoms with van der Waals surface area (Å²) in [6.45, 7) is 8.99. The van der Waals surface area contributed by atoms with Crippen molar-refractivity contribution in [2.75, 3.05) is 19.9 Å². The van der Waals surface area contributed by atoms with Crippen molar-refractivity contribution < 1.29 is 14.3 Å². The molecule has 118 valence electrons. The van der Waals surface area contributed by atoms with Gasteiger partial charge in [-0.1, -0.05) is 19.9 Å². The fourth-order valence-corrected chi connectivity index (χ4v) is 2.37. The Morgan fingerprint density at radius 2 is 2.00 bits per heavy atom. The Hall–Kier alpha value is -1.75. The first-order chi connectivity index (χ1) is 10.2. The van der Waals surface area contributed by atoms with Gasteiger partial charge < -0.3 is 20.1 Å². The third-order valence-electron chi connectivity index (χ3n) is 3.34. The predicted octanol–water partition coefficient (Wildman–Crippen LogP) is 2.18. The maximum Gasteiger partial charge on any atom is 0.236 e. The van der Waals surface area contributed by atoms with E-state index >= 15 is 0 Å². The van der Waals surface area contributed by atoms with Crippen LogP contribution in [0.25, 0.3) is 0 Å². The van der Waals surface area contributed by atoms with Crippen LogP contribution in [0.3, 0.4) is 0 Å². The topological polar surface area (TPSA) is 64.8 Å². The minimum Gasteiger partial charge on any atom is -0.454 e. The molecule has 0 saturated heterocycles. The van der Waals surface area contributed by atoms with Gasteiger partial charge in [0.1, 0.15) is 0 Å². The number of benzene rings is 1. The molecule has 2 N–H and O–H groups in total. The lowest BCUT2D eigenvalue weighted by Gasteiger charge is -2.27. The number of rotatable bonds is 5. The highest BCUT2D eigenvalue weighted by atomic mass is 16.7. The summed E-state index contributed by atoms with van der Waals surface area (Å²) in [6.07, 6.45) is 0.774. The van der Waals surface area contributed by atoms with Gasteiger partial charge in [0.2, 0.25) is 12.7 Å². The Balaban J connectivity index is 0.00000106. The first-order valence-corrected chi connectivity index (χ1v) is 7.53. The van der Waals surface area contributed by atoms with Crippen molar-refractivity contribution in [2.24, 2.45) is 5.73 Å². The predicted molar refractivity (Wildman–Crippen MR) is 83.5 cm³/mol. The zero-order chi connectivity index (χ0) is 15.8. The van der Waals surface area contributed by atoms with E-state index in [-0.39, 0.29) is 25.3 Å². The van der Waals surface area contributed by atoms with Gasteiger partial charge in [0.25, 0.3) is 0 Å². The first-order valence-electron chi connectivity index (χ1n) is 7.53. The van der Waals surface area contributed by atoms with Crippen LogP contribution in [0.15, 0.2) is 18.2 Å². The van der Waals surface area contributed by atoms with Crippen LogP contribution in [0, 0.1) is 0 Å².